The molecule has 0 aliphatic rings. The van der Waals surface area contributed by atoms with Gasteiger partial charge in [-0.25, -0.2) is 9.37 Å². The molecule has 4 nitrogen and oxygen atoms in total. The zero-order chi connectivity index (χ0) is 19.5. The van der Waals surface area contributed by atoms with Crippen molar-refractivity contribution in [3.8, 4) is 0 Å². The second kappa shape index (κ2) is 7.90. The largest absolute Gasteiger partial charge is 0.347 e. The van der Waals surface area contributed by atoms with Gasteiger partial charge in [-0.2, -0.15) is 0 Å². The lowest BCUT2D eigenvalue weighted by Crippen LogP contribution is -2.24. The van der Waals surface area contributed by atoms with Gasteiger partial charge in [0.2, 0.25) is 0 Å². The lowest BCUT2D eigenvalue weighted by Gasteiger charge is -2.25. The van der Waals surface area contributed by atoms with E-state index in [9.17, 15) is 4.39 Å². The standard InChI is InChI=1S/C22H18ClFN4/c1-15-5-6-18(23)11-17(15)14-28(21-12-25-9-10-26-21)13-16-7-8-27-22-19(16)3-2-4-20(22)24/h2-12H,13-14H2,1H3. The quantitative estimate of drug-likeness (QED) is 0.460. The monoisotopic (exact) mass is 392 g/mol. The summed E-state index contributed by atoms with van der Waals surface area (Å²) in [6.45, 7) is 3.19. The van der Waals surface area contributed by atoms with Gasteiger partial charge >= 0.3 is 0 Å². The number of pyridine rings is 1. The minimum absolute atomic E-state index is 0.323. The fourth-order valence-corrected chi connectivity index (χ4v) is 3.42. The van der Waals surface area contributed by atoms with Crippen LogP contribution in [0, 0.1) is 12.7 Å². The van der Waals surface area contributed by atoms with Crippen molar-refractivity contribution in [3.63, 3.8) is 0 Å². The molecule has 0 unspecified atom stereocenters. The number of aryl methyl sites for hydroxylation is 1. The predicted molar refractivity (Wildman–Crippen MR) is 110 cm³/mol. The van der Waals surface area contributed by atoms with E-state index in [0.29, 0.717) is 23.6 Å². The number of rotatable bonds is 5. The Bertz CT molecular complexity index is 1120. The average Bonchev–Trinajstić information content (AvgIpc) is 2.71. The van der Waals surface area contributed by atoms with Gasteiger partial charge in [-0.1, -0.05) is 29.8 Å². The van der Waals surface area contributed by atoms with E-state index in [2.05, 4.69) is 26.8 Å². The van der Waals surface area contributed by atoms with Crippen molar-refractivity contribution in [2.45, 2.75) is 20.0 Å². The van der Waals surface area contributed by atoms with Crippen molar-refractivity contribution in [2.75, 3.05) is 4.90 Å². The number of fused-ring (bicyclic) bond motifs is 1. The first-order chi connectivity index (χ1) is 13.6. The third kappa shape index (κ3) is 3.80. The lowest BCUT2D eigenvalue weighted by molar-refractivity contribution is 0.636. The highest BCUT2D eigenvalue weighted by molar-refractivity contribution is 6.30. The summed E-state index contributed by atoms with van der Waals surface area (Å²) in [4.78, 5) is 15.0. The smallest absolute Gasteiger partial charge is 0.149 e. The summed E-state index contributed by atoms with van der Waals surface area (Å²) in [5.74, 6) is 0.416. The third-order valence-electron chi connectivity index (χ3n) is 4.72. The zero-order valence-corrected chi connectivity index (χ0v) is 16.1. The molecule has 0 aliphatic carbocycles. The first-order valence-corrected chi connectivity index (χ1v) is 9.28. The van der Waals surface area contributed by atoms with Crippen LogP contribution in [0.5, 0.6) is 0 Å². The Morgan fingerprint density at radius 1 is 0.964 bits per heavy atom. The topological polar surface area (TPSA) is 41.9 Å². The van der Waals surface area contributed by atoms with E-state index in [-0.39, 0.29) is 5.82 Å². The first kappa shape index (κ1) is 18.3. The summed E-state index contributed by atoms with van der Waals surface area (Å²) in [6, 6.07) is 12.8. The Labute approximate surface area is 167 Å². The number of halogens is 2. The maximum atomic E-state index is 14.2. The molecule has 0 amide bonds. The number of benzene rings is 2. The van der Waals surface area contributed by atoms with Crippen LogP contribution < -0.4 is 4.90 Å². The van der Waals surface area contributed by atoms with E-state index < -0.39 is 0 Å². The van der Waals surface area contributed by atoms with E-state index in [4.69, 9.17) is 11.6 Å². The van der Waals surface area contributed by atoms with Gasteiger partial charge < -0.3 is 4.90 Å². The summed E-state index contributed by atoms with van der Waals surface area (Å²) in [6.07, 6.45) is 6.67. The summed E-state index contributed by atoms with van der Waals surface area (Å²) in [5, 5.41) is 1.48. The molecule has 0 spiro atoms. The number of anilines is 1. The average molecular weight is 393 g/mol. The molecule has 2 aromatic carbocycles. The molecular formula is C22H18ClFN4. The molecule has 0 saturated carbocycles. The summed E-state index contributed by atoms with van der Waals surface area (Å²) in [5.41, 5.74) is 3.58. The Kier molecular flexibility index (Phi) is 5.17. The molecule has 4 rings (SSSR count). The van der Waals surface area contributed by atoms with Crippen LogP contribution in [0.3, 0.4) is 0 Å². The molecule has 2 heterocycles. The van der Waals surface area contributed by atoms with Crippen LogP contribution in [0.2, 0.25) is 5.02 Å². The van der Waals surface area contributed by atoms with E-state index in [1.165, 1.54) is 6.07 Å². The third-order valence-corrected chi connectivity index (χ3v) is 4.95. The minimum atomic E-state index is -0.323. The fraction of sp³-hybridized carbons (Fsp3) is 0.136. The van der Waals surface area contributed by atoms with Gasteiger partial charge in [0, 0.05) is 42.1 Å². The van der Waals surface area contributed by atoms with Gasteiger partial charge in [0.25, 0.3) is 0 Å². The fourth-order valence-electron chi connectivity index (χ4n) is 3.23. The van der Waals surface area contributed by atoms with E-state index in [0.717, 1.165) is 27.9 Å². The summed E-state index contributed by atoms with van der Waals surface area (Å²) in [7, 11) is 0. The maximum absolute atomic E-state index is 14.2. The van der Waals surface area contributed by atoms with Gasteiger partial charge in [-0.15, -0.1) is 0 Å². The molecule has 28 heavy (non-hydrogen) atoms. The number of nitrogens with zero attached hydrogens (tertiary/aromatic N) is 4. The Hall–Kier alpha value is -3.05. The van der Waals surface area contributed by atoms with E-state index in [1.807, 2.05) is 30.3 Å². The molecule has 0 radical (unpaired) electrons. The molecule has 0 saturated heterocycles. The molecule has 0 fully saturated rings. The van der Waals surface area contributed by atoms with E-state index in [1.54, 1.807) is 30.9 Å². The van der Waals surface area contributed by atoms with Crippen molar-refractivity contribution in [3.05, 3.63) is 94.8 Å². The van der Waals surface area contributed by atoms with Gasteiger partial charge in [-0.05, 0) is 47.9 Å². The highest BCUT2D eigenvalue weighted by atomic mass is 35.5. The molecule has 0 aliphatic heterocycles. The molecule has 0 bridgehead atoms. The molecule has 0 N–H and O–H groups in total. The van der Waals surface area contributed by atoms with Crippen LogP contribution >= 0.6 is 11.6 Å². The van der Waals surface area contributed by atoms with Crippen molar-refractivity contribution in [1.29, 1.82) is 0 Å². The van der Waals surface area contributed by atoms with Gasteiger partial charge in [0.05, 0.1) is 6.20 Å². The van der Waals surface area contributed by atoms with Crippen LogP contribution in [-0.4, -0.2) is 15.0 Å². The van der Waals surface area contributed by atoms with E-state index >= 15 is 0 Å². The van der Waals surface area contributed by atoms with Gasteiger partial charge in [0.1, 0.15) is 17.2 Å². The highest BCUT2D eigenvalue weighted by Gasteiger charge is 2.14. The lowest BCUT2D eigenvalue weighted by atomic mass is 10.1. The van der Waals surface area contributed by atoms with Crippen LogP contribution in [0.25, 0.3) is 10.9 Å². The second-order valence-electron chi connectivity index (χ2n) is 6.60. The molecule has 4 aromatic rings. The second-order valence-corrected chi connectivity index (χ2v) is 7.03. The number of hydrogen-bond donors (Lipinski definition) is 0. The SMILES string of the molecule is Cc1ccc(Cl)cc1CN(Cc1ccnc2c(F)cccc12)c1cnccn1. The predicted octanol–water partition coefficient (Wildman–Crippen LogP) is 5.33. The Balaban J connectivity index is 1.75. The maximum Gasteiger partial charge on any atom is 0.149 e. The number of hydrogen-bond acceptors (Lipinski definition) is 4. The van der Waals surface area contributed by atoms with Crippen LogP contribution in [0.4, 0.5) is 10.2 Å². The summed E-state index contributed by atoms with van der Waals surface area (Å²) >= 11 is 6.21. The van der Waals surface area contributed by atoms with Crippen molar-refractivity contribution in [2.24, 2.45) is 0 Å². The normalized spacial score (nSPS) is 11.0. The van der Waals surface area contributed by atoms with Crippen molar-refractivity contribution >= 4 is 28.3 Å². The Morgan fingerprint density at radius 2 is 1.82 bits per heavy atom. The highest BCUT2D eigenvalue weighted by Crippen LogP contribution is 2.25. The summed E-state index contributed by atoms with van der Waals surface area (Å²) < 4.78 is 14.2. The van der Waals surface area contributed by atoms with Crippen LogP contribution in [0.15, 0.2) is 67.3 Å². The molecule has 140 valence electrons. The number of para-hydroxylation sites is 1. The Morgan fingerprint density at radius 3 is 2.64 bits per heavy atom. The van der Waals surface area contributed by atoms with Crippen LogP contribution in [0.1, 0.15) is 16.7 Å². The number of aromatic nitrogens is 3. The minimum Gasteiger partial charge on any atom is -0.347 e. The zero-order valence-electron chi connectivity index (χ0n) is 15.3. The van der Waals surface area contributed by atoms with Crippen molar-refractivity contribution in [1.82, 2.24) is 15.0 Å². The van der Waals surface area contributed by atoms with Crippen LogP contribution in [-0.2, 0) is 13.1 Å². The van der Waals surface area contributed by atoms with Gasteiger partial charge in [-0.3, -0.25) is 9.97 Å². The van der Waals surface area contributed by atoms with Crippen molar-refractivity contribution < 1.29 is 4.39 Å². The molecule has 6 heteroatoms. The first-order valence-electron chi connectivity index (χ1n) is 8.90. The molecule has 0 atom stereocenters. The molecular weight excluding hydrogens is 375 g/mol. The molecule has 2 aromatic heterocycles. The van der Waals surface area contributed by atoms with Gasteiger partial charge in [0.15, 0.2) is 0 Å².